The van der Waals surface area contributed by atoms with Crippen LogP contribution in [0, 0.1) is 11.8 Å². The molecule has 2 aliphatic rings. The molecule has 3 atom stereocenters. The van der Waals surface area contributed by atoms with Gasteiger partial charge in [0.1, 0.15) is 5.75 Å². The number of fused-ring (bicyclic) bond motifs is 1. The largest absolute Gasteiger partial charge is 0.481 e. The molecule has 0 aromatic heterocycles. The summed E-state index contributed by atoms with van der Waals surface area (Å²) in [5, 5.41) is 3.38. The second-order valence-corrected chi connectivity index (χ2v) is 6.55. The minimum Gasteiger partial charge on any atom is -0.481 e. The average molecular weight is 376 g/mol. The molecule has 1 unspecified atom stereocenters. The summed E-state index contributed by atoms with van der Waals surface area (Å²) in [5.41, 5.74) is 0. The number of amides is 1. The smallest absolute Gasteiger partial charge is 0.263 e. The van der Waals surface area contributed by atoms with Crippen LogP contribution in [-0.2, 0) is 4.79 Å². The first-order valence-electron chi connectivity index (χ1n) is 7.05. The van der Waals surface area contributed by atoms with Gasteiger partial charge in [-0.2, -0.15) is 0 Å². The van der Waals surface area contributed by atoms with Crippen molar-refractivity contribution < 1.29 is 9.53 Å². The topological polar surface area (TPSA) is 41.6 Å². The Morgan fingerprint density at radius 1 is 1.29 bits per heavy atom. The van der Waals surface area contributed by atoms with Crippen LogP contribution in [-0.4, -0.2) is 43.1 Å². The van der Waals surface area contributed by atoms with Crippen LogP contribution in [0.1, 0.15) is 6.92 Å². The standard InChI is InChI=1S/C15H19BrN2O2.ClH/c1-10(20-14-4-2-13(16)3-5-14)15(19)18-8-11-6-17-7-12(11)9-18;/h2-5,10-12,17H,6-9H2,1H3;1H/t10?,11-,12+;. The number of benzene rings is 1. The zero-order valence-corrected chi connectivity index (χ0v) is 14.3. The van der Waals surface area contributed by atoms with Gasteiger partial charge in [0.15, 0.2) is 6.10 Å². The molecule has 116 valence electrons. The maximum absolute atomic E-state index is 12.4. The highest BCUT2D eigenvalue weighted by molar-refractivity contribution is 9.10. The lowest BCUT2D eigenvalue weighted by Gasteiger charge is -2.22. The molecule has 1 aromatic carbocycles. The number of nitrogens with zero attached hydrogens (tertiary/aromatic N) is 1. The second kappa shape index (κ2) is 6.99. The van der Waals surface area contributed by atoms with Gasteiger partial charge in [-0.3, -0.25) is 4.79 Å². The Morgan fingerprint density at radius 3 is 2.43 bits per heavy atom. The number of rotatable bonds is 3. The molecule has 2 saturated heterocycles. The number of hydrogen-bond donors (Lipinski definition) is 1. The quantitative estimate of drug-likeness (QED) is 0.881. The van der Waals surface area contributed by atoms with E-state index >= 15 is 0 Å². The summed E-state index contributed by atoms with van der Waals surface area (Å²) in [4.78, 5) is 14.4. The lowest BCUT2D eigenvalue weighted by atomic mass is 10.0. The van der Waals surface area contributed by atoms with Crippen molar-refractivity contribution in [2.45, 2.75) is 13.0 Å². The Balaban J connectivity index is 0.00000161. The molecule has 1 amide bonds. The zero-order chi connectivity index (χ0) is 14.1. The van der Waals surface area contributed by atoms with E-state index in [9.17, 15) is 4.79 Å². The van der Waals surface area contributed by atoms with Crippen molar-refractivity contribution in [1.82, 2.24) is 10.2 Å². The molecule has 2 aliphatic heterocycles. The summed E-state index contributed by atoms with van der Waals surface area (Å²) in [6.07, 6.45) is -0.428. The first-order valence-corrected chi connectivity index (χ1v) is 7.84. The van der Waals surface area contributed by atoms with E-state index in [1.165, 1.54) is 0 Å². The van der Waals surface area contributed by atoms with E-state index in [-0.39, 0.29) is 18.3 Å². The first-order chi connectivity index (χ1) is 9.63. The van der Waals surface area contributed by atoms with Crippen molar-refractivity contribution in [1.29, 1.82) is 0 Å². The van der Waals surface area contributed by atoms with E-state index in [1.807, 2.05) is 36.1 Å². The van der Waals surface area contributed by atoms with E-state index in [0.29, 0.717) is 11.8 Å². The van der Waals surface area contributed by atoms with Crippen molar-refractivity contribution in [3.63, 3.8) is 0 Å². The van der Waals surface area contributed by atoms with Crippen LogP contribution in [0.4, 0.5) is 0 Å². The Labute approximate surface area is 139 Å². The van der Waals surface area contributed by atoms with Gasteiger partial charge in [0.25, 0.3) is 5.91 Å². The summed E-state index contributed by atoms with van der Waals surface area (Å²) >= 11 is 3.39. The fraction of sp³-hybridized carbons (Fsp3) is 0.533. The van der Waals surface area contributed by atoms with Gasteiger partial charge < -0.3 is 15.0 Å². The predicted molar refractivity (Wildman–Crippen MR) is 87.9 cm³/mol. The zero-order valence-electron chi connectivity index (χ0n) is 11.9. The molecule has 0 spiro atoms. The summed E-state index contributed by atoms with van der Waals surface area (Å²) in [7, 11) is 0. The van der Waals surface area contributed by atoms with Gasteiger partial charge in [-0.1, -0.05) is 15.9 Å². The number of nitrogens with one attached hydrogen (secondary N) is 1. The summed E-state index contributed by atoms with van der Waals surface area (Å²) < 4.78 is 6.74. The Kier molecular flexibility index (Phi) is 5.52. The van der Waals surface area contributed by atoms with Crippen LogP contribution in [0.2, 0.25) is 0 Å². The summed E-state index contributed by atoms with van der Waals surface area (Å²) in [6, 6.07) is 7.57. The first kappa shape index (κ1) is 16.6. The lowest BCUT2D eigenvalue weighted by molar-refractivity contribution is -0.137. The second-order valence-electron chi connectivity index (χ2n) is 5.64. The fourth-order valence-electron chi connectivity index (χ4n) is 3.06. The van der Waals surface area contributed by atoms with Crippen LogP contribution in [0.15, 0.2) is 28.7 Å². The van der Waals surface area contributed by atoms with Crippen molar-refractivity contribution in [3.05, 3.63) is 28.7 Å². The molecule has 0 bridgehead atoms. The third-order valence-electron chi connectivity index (χ3n) is 4.18. The summed E-state index contributed by atoms with van der Waals surface area (Å²) in [5.74, 6) is 2.08. The monoisotopic (exact) mass is 374 g/mol. The number of hydrogen-bond acceptors (Lipinski definition) is 3. The molecule has 3 rings (SSSR count). The highest BCUT2D eigenvalue weighted by Gasteiger charge is 2.39. The molecular formula is C15H20BrClN2O2. The van der Waals surface area contributed by atoms with E-state index in [1.54, 1.807) is 0 Å². The normalized spacial score (nSPS) is 25.1. The number of ether oxygens (including phenoxy) is 1. The molecule has 1 N–H and O–H groups in total. The molecule has 0 saturated carbocycles. The van der Waals surface area contributed by atoms with Crippen LogP contribution in [0.3, 0.4) is 0 Å². The van der Waals surface area contributed by atoms with Gasteiger partial charge in [-0.05, 0) is 43.0 Å². The molecule has 21 heavy (non-hydrogen) atoms. The van der Waals surface area contributed by atoms with Crippen LogP contribution in [0.5, 0.6) is 5.75 Å². The van der Waals surface area contributed by atoms with Gasteiger partial charge >= 0.3 is 0 Å². The number of halogens is 2. The molecule has 6 heteroatoms. The van der Waals surface area contributed by atoms with Gasteiger partial charge in [0.05, 0.1) is 0 Å². The number of likely N-dealkylation sites (tertiary alicyclic amines) is 1. The van der Waals surface area contributed by atoms with E-state index in [2.05, 4.69) is 21.2 Å². The highest BCUT2D eigenvalue weighted by atomic mass is 79.9. The van der Waals surface area contributed by atoms with Crippen molar-refractivity contribution in [2.24, 2.45) is 11.8 Å². The molecule has 1 aromatic rings. The van der Waals surface area contributed by atoms with Crippen LogP contribution in [0.25, 0.3) is 0 Å². The maximum Gasteiger partial charge on any atom is 0.263 e. The van der Waals surface area contributed by atoms with E-state index in [4.69, 9.17) is 4.74 Å². The third-order valence-corrected chi connectivity index (χ3v) is 4.70. The molecule has 2 heterocycles. The maximum atomic E-state index is 12.4. The molecule has 0 radical (unpaired) electrons. The van der Waals surface area contributed by atoms with Gasteiger partial charge in [0, 0.05) is 30.7 Å². The number of carbonyl (C=O) groups excluding carboxylic acids is 1. The SMILES string of the molecule is CC(Oc1ccc(Br)cc1)C(=O)N1C[C@H]2CNC[C@H]2C1.Cl. The van der Waals surface area contributed by atoms with Crippen molar-refractivity contribution in [2.75, 3.05) is 26.2 Å². The van der Waals surface area contributed by atoms with Crippen LogP contribution < -0.4 is 10.1 Å². The van der Waals surface area contributed by atoms with Gasteiger partial charge in [-0.15, -0.1) is 12.4 Å². The lowest BCUT2D eigenvalue weighted by Crippen LogP contribution is -2.40. The molecular weight excluding hydrogens is 356 g/mol. The molecule has 0 aliphatic carbocycles. The van der Waals surface area contributed by atoms with Crippen LogP contribution >= 0.6 is 28.3 Å². The minimum atomic E-state index is -0.428. The third kappa shape index (κ3) is 3.71. The number of carbonyl (C=O) groups is 1. The van der Waals surface area contributed by atoms with E-state index < -0.39 is 6.10 Å². The minimum absolute atomic E-state index is 0. The molecule has 2 fully saturated rings. The predicted octanol–water partition coefficient (Wildman–Crippen LogP) is 2.32. The molecule has 4 nitrogen and oxygen atoms in total. The summed E-state index contributed by atoms with van der Waals surface area (Å²) in [6.45, 7) is 5.64. The van der Waals surface area contributed by atoms with Crippen molar-refractivity contribution >= 4 is 34.2 Å². The van der Waals surface area contributed by atoms with Gasteiger partial charge in [0.2, 0.25) is 0 Å². The Hall–Kier alpha value is -0.780. The van der Waals surface area contributed by atoms with Gasteiger partial charge in [-0.25, -0.2) is 0 Å². The average Bonchev–Trinajstić information content (AvgIpc) is 3.01. The Bertz CT molecular complexity index is 485. The highest BCUT2D eigenvalue weighted by Crippen LogP contribution is 2.27. The fourth-order valence-corrected chi connectivity index (χ4v) is 3.32. The van der Waals surface area contributed by atoms with E-state index in [0.717, 1.165) is 36.4 Å². The van der Waals surface area contributed by atoms with Crippen molar-refractivity contribution in [3.8, 4) is 5.75 Å². The Morgan fingerprint density at radius 2 is 1.86 bits per heavy atom.